The molecule has 1 N–H and O–H groups in total. The van der Waals surface area contributed by atoms with E-state index in [2.05, 4.69) is 50.1 Å². The number of aromatic nitrogens is 2. The zero-order chi connectivity index (χ0) is 15.6. The normalized spacial score (nSPS) is 11.9. The van der Waals surface area contributed by atoms with Crippen LogP contribution < -0.4 is 10.2 Å². The molecule has 0 aliphatic carbocycles. The highest BCUT2D eigenvalue weighted by Gasteiger charge is 2.19. The summed E-state index contributed by atoms with van der Waals surface area (Å²) in [6.45, 7) is 10.2. The third-order valence-electron chi connectivity index (χ3n) is 3.47. The van der Waals surface area contributed by atoms with E-state index in [4.69, 9.17) is 4.42 Å². The number of rotatable bonds is 5. The van der Waals surface area contributed by atoms with Crippen molar-refractivity contribution in [2.75, 3.05) is 11.9 Å². The Morgan fingerprint density at radius 2 is 2.10 bits per heavy atom. The molecule has 5 nitrogen and oxygen atoms in total. The summed E-state index contributed by atoms with van der Waals surface area (Å²) in [6.07, 6.45) is 3.49. The Morgan fingerprint density at radius 3 is 2.67 bits per heavy atom. The van der Waals surface area contributed by atoms with E-state index in [1.54, 1.807) is 12.5 Å². The molecule has 2 aromatic heterocycles. The molecular formula is C16H26N4O. The van der Waals surface area contributed by atoms with Crippen LogP contribution in [0.1, 0.15) is 37.6 Å². The van der Waals surface area contributed by atoms with Crippen LogP contribution in [0, 0.1) is 6.92 Å². The molecule has 0 atom stereocenters. The molecular weight excluding hydrogens is 264 g/mol. The van der Waals surface area contributed by atoms with E-state index in [9.17, 15) is 0 Å². The van der Waals surface area contributed by atoms with Crippen LogP contribution in [0.25, 0.3) is 0 Å². The molecule has 0 bridgehead atoms. The molecule has 0 aromatic carbocycles. The van der Waals surface area contributed by atoms with Crippen LogP contribution in [0.4, 0.5) is 5.82 Å². The monoisotopic (exact) mass is 290 g/mol. The van der Waals surface area contributed by atoms with E-state index < -0.39 is 0 Å². The Kier molecular flexibility index (Phi) is 4.42. The maximum atomic E-state index is 5.15. The second-order valence-electron chi connectivity index (χ2n) is 6.60. The largest absolute Gasteiger partial charge is 0.472 e. The first-order valence-electron chi connectivity index (χ1n) is 7.27. The molecule has 0 amide bonds. The number of nitrogens with one attached hydrogen (secondary N) is 1. The van der Waals surface area contributed by atoms with E-state index in [0.717, 1.165) is 30.2 Å². The standard InChI is InChI=1S/C16H26N4O/c1-12-14(9-17-16(2,3)4)15(20(6)18-12)19(5)10-13-7-8-21-11-13/h7-8,11,17H,9-10H2,1-6H3. The molecule has 0 aliphatic rings. The molecule has 0 spiro atoms. The fourth-order valence-corrected chi connectivity index (χ4v) is 2.46. The predicted molar refractivity (Wildman–Crippen MR) is 85.4 cm³/mol. The van der Waals surface area contributed by atoms with Crippen molar-refractivity contribution in [3.8, 4) is 0 Å². The van der Waals surface area contributed by atoms with E-state index in [0.29, 0.717) is 0 Å². The van der Waals surface area contributed by atoms with Gasteiger partial charge in [-0.1, -0.05) is 0 Å². The molecule has 2 aromatic rings. The van der Waals surface area contributed by atoms with Gasteiger partial charge in [-0.05, 0) is 33.8 Å². The van der Waals surface area contributed by atoms with Crippen LogP contribution in [-0.4, -0.2) is 22.4 Å². The van der Waals surface area contributed by atoms with Crippen LogP contribution in [-0.2, 0) is 20.1 Å². The molecule has 0 radical (unpaired) electrons. The van der Waals surface area contributed by atoms with Crippen molar-refractivity contribution in [2.45, 2.75) is 46.3 Å². The lowest BCUT2D eigenvalue weighted by Crippen LogP contribution is -2.35. The highest BCUT2D eigenvalue weighted by Crippen LogP contribution is 2.24. The van der Waals surface area contributed by atoms with Crippen LogP contribution in [0.15, 0.2) is 23.0 Å². The number of hydrogen-bond donors (Lipinski definition) is 1. The summed E-state index contributed by atoms with van der Waals surface area (Å²) < 4.78 is 7.10. The minimum atomic E-state index is 0.0860. The summed E-state index contributed by atoms with van der Waals surface area (Å²) in [5.74, 6) is 1.14. The molecule has 0 fully saturated rings. The van der Waals surface area contributed by atoms with Crippen molar-refractivity contribution < 1.29 is 4.42 Å². The number of furan rings is 1. The summed E-state index contributed by atoms with van der Waals surface area (Å²) >= 11 is 0. The first-order valence-corrected chi connectivity index (χ1v) is 7.27. The van der Waals surface area contributed by atoms with Gasteiger partial charge in [-0.3, -0.25) is 4.68 Å². The zero-order valence-corrected chi connectivity index (χ0v) is 13.9. The van der Waals surface area contributed by atoms with Gasteiger partial charge < -0.3 is 14.6 Å². The van der Waals surface area contributed by atoms with Crippen molar-refractivity contribution >= 4 is 5.82 Å². The van der Waals surface area contributed by atoms with Crippen molar-refractivity contribution in [1.82, 2.24) is 15.1 Å². The fourth-order valence-electron chi connectivity index (χ4n) is 2.46. The zero-order valence-electron chi connectivity index (χ0n) is 13.9. The Morgan fingerprint density at radius 1 is 1.38 bits per heavy atom. The van der Waals surface area contributed by atoms with Gasteiger partial charge in [0.1, 0.15) is 5.82 Å². The van der Waals surface area contributed by atoms with Gasteiger partial charge in [-0.15, -0.1) is 0 Å². The number of nitrogens with zero attached hydrogens (tertiary/aromatic N) is 3. The minimum Gasteiger partial charge on any atom is -0.472 e. The van der Waals surface area contributed by atoms with Gasteiger partial charge in [0.25, 0.3) is 0 Å². The molecule has 2 rings (SSSR count). The number of hydrogen-bond acceptors (Lipinski definition) is 4. The summed E-state index contributed by atoms with van der Waals surface area (Å²) in [4.78, 5) is 2.21. The van der Waals surface area contributed by atoms with Crippen LogP contribution in [0.2, 0.25) is 0 Å². The first-order chi connectivity index (χ1) is 9.78. The second-order valence-corrected chi connectivity index (χ2v) is 6.60. The predicted octanol–water partition coefficient (Wildman–Crippen LogP) is 2.85. The Hall–Kier alpha value is -1.75. The lowest BCUT2D eigenvalue weighted by molar-refractivity contribution is 0.424. The Balaban J connectivity index is 2.21. The van der Waals surface area contributed by atoms with Gasteiger partial charge in [0, 0.05) is 43.9 Å². The summed E-state index contributed by atoms with van der Waals surface area (Å²) in [6, 6.07) is 1.99. The van der Waals surface area contributed by atoms with Gasteiger partial charge in [0.2, 0.25) is 0 Å². The van der Waals surface area contributed by atoms with Gasteiger partial charge in [-0.25, -0.2) is 0 Å². The van der Waals surface area contributed by atoms with Gasteiger partial charge >= 0.3 is 0 Å². The second kappa shape index (κ2) is 5.93. The fraction of sp³-hybridized carbons (Fsp3) is 0.562. The van der Waals surface area contributed by atoms with E-state index in [1.165, 1.54) is 5.56 Å². The molecule has 21 heavy (non-hydrogen) atoms. The third kappa shape index (κ3) is 3.88. The highest BCUT2D eigenvalue weighted by atomic mass is 16.3. The Labute approximate surface area is 126 Å². The maximum absolute atomic E-state index is 5.15. The maximum Gasteiger partial charge on any atom is 0.131 e. The molecule has 0 saturated carbocycles. The molecule has 116 valence electrons. The van der Waals surface area contributed by atoms with Gasteiger partial charge in [-0.2, -0.15) is 5.10 Å². The molecule has 0 saturated heterocycles. The average molecular weight is 290 g/mol. The van der Waals surface area contributed by atoms with Crippen molar-refractivity contribution in [1.29, 1.82) is 0 Å². The number of aryl methyl sites for hydroxylation is 2. The lowest BCUT2D eigenvalue weighted by atomic mass is 10.1. The van der Waals surface area contributed by atoms with Crippen LogP contribution >= 0.6 is 0 Å². The average Bonchev–Trinajstić information content (AvgIpc) is 2.93. The van der Waals surface area contributed by atoms with E-state index in [-0.39, 0.29) is 5.54 Å². The quantitative estimate of drug-likeness (QED) is 0.920. The third-order valence-corrected chi connectivity index (χ3v) is 3.47. The summed E-state index contributed by atoms with van der Waals surface area (Å²) in [5, 5.41) is 8.12. The highest BCUT2D eigenvalue weighted by molar-refractivity contribution is 5.50. The van der Waals surface area contributed by atoms with Crippen LogP contribution in [0.5, 0.6) is 0 Å². The summed E-state index contributed by atoms with van der Waals surface area (Å²) in [5.41, 5.74) is 3.57. The topological polar surface area (TPSA) is 46.2 Å². The van der Waals surface area contributed by atoms with Gasteiger partial charge in [0.15, 0.2) is 0 Å². The molecule has 5 heteroatoms. The Bertz CT molecular complexity index is 578. The first kappa shape index (κ1) is 15.6. The lowest BCUT2D eigenvalue weighted by Gasteiger charge is -2.24. The van der Waals surface area contributed by atoms with Crippen LogP contribution in [0.3, 0.4) is 0 Å². The molecule has 2 heterocycles. The number of anilines is 1. The van der Waals surface area contributed by atoms with Crippen molar-refractivity contribution in [3.63, 3.8) is 0 Å². The van der Waals surface area contributed by atoms with E-state index in [1.807, 2.05) is 17.8 Å². The molecule has 0 aliphatic heterocycles. The molecule has 0 unspecified atom stereocenters. The minimum absolute atomic E-state index is 0.0860. The van der Waals surface area contributed by atoms with Gasteiger partial charge in [0.05, 0.1) is 18.2 Å². The SMILES string of the molecule is Cc1nn(C)c(N(C)Cc2ccoc2)c1CNC(C)(C)C. The van der Waals surface area contributed by atoms with Crippen molar-refractivity contribution in [2.24, 2.45) is 7.05 Å². The van der Waals surface area contributed by atoms with Crippen molar-refractivity contribution in [3.05, 3.63) is 35.4 Å². The summed E-state index contributed by atoms with van der Waals surface area (Å²) in [7, 11) is 4.08. The van der Waals surface area contributed by atoms with E-state index >= 15 is 0 Å². The smallest absolute Gasteiger partial charge is 0.131 e.